The van der Waals surface area contributed by atoms with E-state index in [0.717, 1.165) is 5.82 Å². The SMILES string of the molecule is CN(c1ccnc(NC2CCCC2)n1)C1CCS(=O)(=O)C1. The Morgan fingerprint density at radius 3 is 2.71 bits per heavy atom. The van der Waals surface area contributed by atoms with Gasteiger partial charge in [-0.25, -0.2) is 13.4 Å². The van der Waals surface area contributed by atoms with E-state index in [1.165, 1.54) is 25.7 Å². The van der Waals surface area contributed by atoms with Crippen molar-refractivity contribution in [3.63, 3.8) is 0 Å². The molecule has 1 saturated carbocycles. The summed E-state index contributed by atoms with van der Waals surface area (Å²) >= 11 is 0. The van der Waals surface area contributed by atoms with Crippen LogP contribution in [0.5, 0.6) is 0 Å². The summed E-state index contributed by atoms with van der Waals surface area (Å²) in [6, 6.07) is 2.33. The summed E-state index contributed by atoms with van der Waals surface area (Å²) in [6.45, 7) is 0. The fourth-order valence-electron chi connectivity index (χ4n) is 3.14. The number of nitrogens with one attached hydrogen (secondary N) is 1. The highest BCUT2D eigenvalue weighted by molar-refractivity contribution is 7.91. The first-order valence-electron chi connectivity index (χ1n) is 7.56. The molecule has 1 saturated heterocycles. The molecular formula is C14H22N4O2S. The quantitative estimate of drug-likeness (QED) is 0.907. The normalized spacial score (nSPS) is 25.1. The lowest BCUT2D eigenvalue weighted by Gasteiger charge is -2.24. The highest BCUT2D eigenvalue weighted by atomic mass is 32.2. The van der Waals surface area contributed by atoms with Gasteiger partial charge in [-0.15, -0.1) is 0 Å². The van der Waals surface area contributed by atoms with Crippen molar-refractivity contribution >= 4 is 21.6 Å². The van der Waals surface area contributed by atoms with E-state index in [0.29, 0.717) is 18.4 Å². The standard InChI is InChI=1S/C14H22N4O2S/c1-18(12-7-9-21(19,20)10-12)13-6-8-15-14(17-13)16-11-4-2-3-5-11/h6,8,11-12H,2-5,7,9-10H2,1H3,(H,15,16,17). The van der Waals surface area contributed by atoms with Crippen molar-refractivity contribution in [2.75, 3.05) is 28.8 Å². The van der Waals surface area contributed by atoms with Gasteiger partial charge in [-0.3, -0.25) is 0 Å². The number of anilines is 2. The van der Waals surface area contributed by atoms with Gasteiger partial charge in [-0.2, -0.15) is 4.98 Å². The van der Waals surface area contributed by atoms with Crippen LogP contribution in [0, 0.1) is 0 Å². The molecule has 2 aliphatic rings. The minimum atomic E-state index is -2.88. The zero-order chi connectivity index (χ0) is 14.9. The van der Waals surface area contributed by atoms with Crippen molar-refractivity contribution < 1.29 is 8.42 Å². The van der Waals surface area contributed by atoms with E-state index in [1.54, 1.807) is 6.20 Å². The van der Waals surface area contributed by atoms with Gasteiger partial charge in [0.2, 0.25) is 5.95 Å². The van der Waals surface area contributed by atoms with Gasteiger partial charge < -0.3 is 10.2 Å². The van der Waals surface area contributed by atoms with Gasteiger partial charge in [0.25, 0.3) is 0 Å². The summed E-state index contributed by atoms with van der Waals surface area (Å²) in [5.74, 6) is 1.93. The monoisotopic (exact) mass is 310 g/mol. The third-order valence-electron chi connectivity index (χ3n) is 4.45. The molecule has 1 aromatic heterocycles. The third kappa shape index (κ3) is 3.45. The van der Waals surface area contributed by atoms with Crippen LogP contribution in [0.2, 0.25) is 0 Å². The molecule has 1 aliphatic heterocycles. The third-order valence-corrected chi connectivity index (χ3v) is 6.20. The van der Waals surface area contributed by atoms with Crippen LogP contribution in [-0.2, 0) is 9.84 Å². The average molecular weight is 310 g/mol. The molecule has 0 radical (unpaired) electrons. The molecule has 3 rings (SSSR count). The Bertz CT molecular complexity index is 599. The van der Waals surface area contributed by atoms with E-state index in [1.807, 2.05) is 18.0 Å². The second-order valence-corrected chi connectivity index (χ2v) is 8.26. The summed E-state index contributed by atoms with van der Waals surface area (Å²) in [5, 5.41) is 3.38. The zero-order valence-corrected chi connectivity index (χ0v) is 13.1. The number of rotatable bonds is 4. The van der Waals surface area contributed by atoms with E-state index < -0.39 is 9.84 Å². The predicted octanol–water partition coefficient (Wildman–Crippen LogP) is 1.45. The maximum Gasteiger partial charge on any atom is 0.224 e. The van der Waals surface area contributed by atoms with Gasteiger partial charge in [0.05, 0.1) is 11.5 Å². The number of aromatic nitrogens is 2. The highest BCUT2D eigenvalue weighted by Gasteiger charge is 2.31. The molecule has 116 valence electrons. The molecule has 1 aromatic rings. The number of hydrogen-bond donors (Lipinski definition) is 1. The Labute approximate surface area is 125 Å². The highest BCUT2D eigenvalue weighted by Crippen LogP contribution is 2.24. The lowest BCUT2D eigenvalue weighted by Crippen LogP contribution is -2.33. The molecule has 2 fully saturated rings. The average Bonchev–Trinajstić information content (AvgIpc) is 3.08. The molecule has 0 bridgehead atoms. The van der Waals surface area contributed by atoms with Gasteiger partial charge in [-0.05, 0) is 25.3 Å². The first kappa shape index (κ1) is 14.6. The molecule has 21 heavy (non-hydrogen) atoms. The summed E-state index contributed by atoms with van der Waals surface area (Å²) in [6.07, 6.45) is 7.27. The summed E-state index contributed by atoms with van der Waals surface area (Å²) in [5.41, 5.74) is 0. The fraction of sp³-hybridized carbons (Fsp3) is 0.714. The lowest BCUT2D eigenvalue weighted by molar-refractivity contribution is 0.600. The Kier molecular flexibility index (Phi) is 4.01. The van der Waals surface area contributed by atoms with Crippen molar-refractivity contribution in [3.05, 3.63) is 12.3 Å². The van der Waals surface area contributed by atoms with E-state index in [-0.39, 0.29) is 17.5 Å². The summed E-state index contributed by atoms with van der Waals surface area (Å²) < 4.78 is 23.2. The molecule has 0 amide bonds. The molecular weight excluding hydrogens is 288 g/mol. The minimum absolute atomic E-state index is 0.0178. The van der Waals surface area contributed by atoms with Crippen molar-refractivity contribution in [1.82, 2.24) is 9.97 Å². The van der Waals surface area contributed by atoms with Gasteiger partial charge in [0, 0.05) is 25.3 Å². The Morgan fingerprint density at radius 1 is 1.29 bits per heavy atom. The molecule has 1 aliphatic carbocycles. The van der Waals surface area contributed by atoms with Crippen molar-refractivity contribution in [1.29, 1.82) is 0 Å². The summed E-state index contributed by atoms with van der Waals surface area (Å²) in [7, 11) is -0.968. The minimum Gasteiger partial charge on any atom is -0.355 e. The van der Waals surface area contributed by atoms with Crippen molar-refractivity contribution in [2.24, 2.45) is 0 Å². The second-order valence-electron chi connectivity index (χ2n) is 6.03. The molecule has 1 atom stereocenters. The molecule has 1 unspecified atom stereocenters. The van der Waals surface area contributed by atoms with Crippen LogP contribution in [-0.4, -0.2) is 49.0 Å². The van der Waals surface area contributed by atoms with Crippen LogP contribution < -0.4 is 10.2 Å². The zero-order valence-electron chi connectivity index (χ0n) is 12.3. The van der Waals surface area contributed by atoms with Crippen LogP contribution >= 0.6 is 0 Å². The largest absolute Gasteiger partial charge is 0.355 e. The summed E-state index contributed by atoms with van der Waals surface area (Å²) in [4.78, 5) is 10.8. The van der Waals surface area contributed by atoms with Crippen LogP contribution in [0.25, 0.3) is 0 Å². The second kappa shape index (κ2) is 5.79. The fourth-order valence-corrected chi connectivity index (χ4v) is 4.91. The number of hydrogen-bond acceptors (Lipinski definition) is 6. The van der Waals surface area contributed by atoms with Gasteiger partial charge >= 0.3 is 0 Å². The molecule has 0 aromatic carbocycles. The van der Waals surface area contributed by atoms with E-state index in [2.05, 4.69) is 15.3 Å². The van der Waals surface area contributed by atoms with Gasteiger partial charge in [0.1, 0.15) is 5.82 Å². The number of nitrogens with zero attached hydrogens (tertiary/aromatic N) is 3. The molecule has 7 heteroatoms. The molecule has 0 spiro atoms. The maximum atomic E-state index is 11.6. The van der Waals surface area contributed by atoms with Crippen molar-refractivity contribution in [2.45, 2.75) is 44.2 Å². The lowest BCUT2D eigenvalue weighted by atomic mass is 10.2. The topological polar surface area (TPSA) is 75.2 Å². The van der Waals surface area contributed by atoms with Crippen molar-refractivity contribution in [3.8, 4) is 0 Å². The van der Waals surface area contributed by atoms with Gasteiger partial charge in [-0.1, -0.05) is 12.8 Å². The van der Waals surface area contributed by atoms with E-state index in [9.17, 15) is 8.42 Å². The Morgan fingerprint density at radius 2 is 2.05 bits per heavy atom. The van der Waals surface area contributed by atoms with Gasteiger partial charge in [0.15, 0.2) is 9.84 Å². The van der Waals surface area contributed by atoms with E-state index in [4.69, 9.17) is 0 Å². The van der Waals surface area contributed by atoms with Crippen LogP contribution in [0.1, 0.15) is 32.1 Å². The van der Waals surface area contributed by atoms with E-state index >= 15 is 0 Å². The molecule has 1 N–H and O–H groups in total. The first-order valence-corrected chi connectivity index (χ1v) is 9.38. The predicted molar refractivity (Wildman–Crippen MR) is 83.4 cm³/mol. The van der Waals surface area contributed by atoms with Crippen LogP contribution in [0.3, 0.4) is 0 Å². The Hall–Kier alpha value is -1.37. The molecule has 2 heterocycles. The molecule has 6 nitrogen and oxygen atoms in total. The first-order chi connectivity index (χ1) is 10.0. The smallest absolute Gasteiger partial charge is 0.224 e. The van der Waals surface area contributed by atoms with Crippen LogP contribution in [0.15, 0.2) is 12.3 Å². The maximum absolute atomic E-state index is 11.6. The number of sulfone groups is 1. The van der Waals surface area contributed by atoms with Crippen LogP contribution in [0.4, 0.5) is 11.8 Å². The Balaban J connectivity index is 1.70.